The van der Waals surface area contributed by atoms with E-state index in [1.165, 1.54) is 6.33 Å². The summed E-state index contributed by atoms with van der Waals surface area (Å²) >= 11 is 0. The van der Waals surface area contributed by atoms with E-state index in [0.29, 0.717) is 24.0 Å². The number of imidazole rings is 1. The van der Waals surface area contributed by atoms with Gasteiger partial charge in [0, 0.05) is 0 Å². The maximum Gasteiger partial charge on any atom is 0.345 e. The Hall–Kier alpha value is -2.42. The Bertz CT molecular complexity index is 968. The van der Waals surface area contributed by atoms with Gasteiger partial charge in [0.1, 0.15) is 23.4 Å². The van der Waals surface area contributed by atoms with Crippen molar-refractivity contribution in [2.24, 2.45) is 0 Å². The standard InChI is InChI=1S/C17H23N6O6P/c1-17(2,3)29-15(24)16(30(25)26)27-7-9-4-5-11(28-9)23-8-20-12-13(19)21-10(6-18)22-14(12)23/h8-9,11,16,25-26H,4-5,7H2,1-3H3,(H2,19,21,22). The predicted octanol–water partition coefficient (Wildman–Crippen LogP) is 0.939. The summed E-state index contributed by atoms with van der Waals surface area (Å²) in [6.45, 7) is 4.99. The number of hydrogen-bond donors (Lipinski definition) is 3. The minimum Gasteiger partial charge on any atom is -0.458 e. The summed E-state index contributed by atoms with van der Waals surface area (Å²) in [4.78, 5) is 43.4. The van der Waals surface area contributed by atoms with Crippen LogP contribution in [0.2, 0.25) is 0 Å². The molecule has 0 bridgehead atoms. The lowest BCUT2D eigenvalue weighted by Gasteiger charge is -2.25. The number of carbonyl (C=O) groups is 1. The average Bonchev–Trinajstić information content (AvgIpc) is 3.26. The highest BCUT2D eigenvalue weighted by atomic mass is 31.2. The molecule has 1 fully saturated rings. The molecule has 13 heteroatoms. The smallest absolute Gasteiger partial charge is 0.345 e. The molecule has 3 heterocycles. The van der Waals surface area contributed by atoms with Gasteiger partial charge in [-0.1, -0.05) is 0 Å². The van der Waals surface area contributed by atoms with E-state index in [4.69, 9.17) is 25.2 Å². The van der Waals surface area contributed by atoms with Crippen molar-refractivity contribution in [1.82, 2.24) is 19.5 Å². The molecular weight excluding hydrogens is 415 g/mol. The molecule has 4 N–H and O–H groups in total. The van der Waals surface area contributed by atoms with Crippen molar-refractivity contribution in [1.29, 1.82) is 5.26 Å². The third kappa shape index (κ3) is 5.00. The van der Waals surface area contributed by atoms with Crippen LogP contribution in [-0.4, -0.2) is 59.4 Å². The molecule has 0 radical (unpaired) electrons. The van der Waals surface area contributed by atoms with E-state index in [1.807, 2.05) is 6.07 Å². The van der Waals surface area contributed by atoms with Gasteiger partial charge in [0.15, 0.2) is 11.5 Å². The van der Waals surface area contributed by atoms with Gasteiger partial charge in [0.2, 0.25) is 20.0 Å². The van der Waals surface area contributed by atoms with Gasteiger partial charge in [-0.05, 0) is 33.6 Å². The summed E-state index contributed by atoms with van der Waals surface area (Å²) in [7, 11) is -2.69. The van der Waals surface area contributed by atoms with Crippen LogP contribution in [0.3, 0.4) is 0 Å². The highest BCUT2D eigenvalue weighted by Crippen LogP contribution is 2.36. The first kappa shape index (κ1) is 22.3. The number of nitrogens with zero attached hydrogens (tertiary/aromatic N) is 5. The van der Waals surface area contributed by atoms with E-state index in [9.17, 15) is 14.6 Å². The highest BCUT2D eigenvalue weighted by Gasteiger charge is 2.35. The monoisotopic (exact) mass is 438 g/mol. The lowest BCUT2D eigenvalue weighted by molar-refractivity contribution is -0.165. The number of fused-ring (bicyclic) bond motifs is 1. The lowest BCUT2D eigenvalue weighted by atomic mass is 10.2. The van der Waals surface area contributed by atoms with Crippen LogP contribution < -0.4 is 5.73 Å². The van der Waals surface area contributed by atoms with E-state index in [0.717, 1.165) is 0 Å². The molecule has 30 heavy (non-hydrogen) atoms. The zero-order chi connectivity index (χ0) is 22.1. The van der Waals surface area contributed by atoms with Crippen LogP contribution in [0.15, 0.2) is 6.33 Å². The number of carbonyl (C=O) groups excluding carboxylic acids is 1. The summed E-state index contributed by atoms with van der Waals surface area (Å²) in [6, 6.07) is 1.85. The number of nitriles is 1. The number of anilines is 1. The molecule has 12 nitrogen and oxygen atoms in total. The molecule has 1 aliphatic heterocycles. The van der Waals surface area contributed by atoms with Crippen molar-refractivity contribution < 1.29 is 28.8 Å². The lowest BCUT2D eigenvalue weighted by Crippen LogP contribution is -2.34. The van der Waals surface area contributed by atoms with E-state index in [2.05, 4.69) is 15.0 Å². The van der Waals surface area contributed by atoms with Crippen molar-refractivity contribution in [3.63, 3.8) is 0 Å². The molecule has 2 aromatic heterocycles. The summed E-state index contributed by atoms with van der Waals surface area (Å²) in [5.74, 6) is -2.29. The van der Waals surface area contributed by atoms with Crippen LogP contribution in [-0.2, 0) is 19.0 Å². The summed E-state index contributed by atoms with van der Waals surface area (Å²) in [6.07, 6.45) is 1.85. The Balaban J connectivity index is 1.66. The Morgan fingerprint density at radius 3 is 2.83 bits per heavy atom. The van der Waals surface area contributed by atoms with E-state index >= 15 is 0 Å². The van der Waals surface area contributed by atoms with Gasteiger partial charge in [0.05, 0.1) is 19.0 Å². The van der Waals surface area contributed by atoms with Crippen molar-refractivity contribution in [2.75, 3.05) is 12.3 Å². The van der Waals surface area contributed by atoms with Gasteiger partial charge in [-0.15, -0.1) is 0 Å². The van der Waals surface area contributed by atoms with E-state index in [-0.39, 0.29) is 18.2 Å². The molecule has 0 aromatic carbocycles. The Labute approximate surface area is 173 Å². The zero-order valence-corrected chi connectivity index (χ0v) is 17.6. The van der Waals surface area contributed by atoms with Gasteiger partial charge in [-0.2, -0.15) is 15.2 Å². The fourth-order valence-corrected chi connectivity index (χ4v) is 3.45. The topological polar surface area (TPSA) is 179 Å². The Morgan fingerprint density at radius 2 is 2.20 bits per heavy atom. The van der Waals surface area contributed by atoms with Crippen LogP contribution in [0.4, 0.5) is 5.82 Å². The molecular formula is C17H23N6O6P. The van der Waals surface area contributed by atoms with Crippen molar-refractivity contribution in [3.8, 4) is 6.07 Å². The van der Waals surface area contributed by atoms with Gasteiger partial charge >= 0.3 is 5.97 Å². The number of rotatable bonds is 6. The molecule has 3 rings (SSSR count). The zero-order valence-electron chi connectivity index (χ0n) is 16.7. The number of nitrogens with two attached hydrogens (primary N) is 1. The molecule has 1 saturated heterocycles. The number of esters is 1. The average molecular weight is 438 g/mol. The van der Waals surface area contributed by atoms with Crippen molar-refractivity contribution >= 4 is 31.3 Å². The maximum absolute atomic E-state index is 12.1. The molecule has 1 aliphatic rings. The van der Waals surface area contributed by atoms with Crippen LogP contribution >= 0.6 is 8.38 Å². The first-order valence-corrected chi connectivity index (χ1v) is 10.5. The molecule has 0 saturated carbocycles. The summed E-state index contributed by atoms with van der Waals surface area (Å²) < 4.78 is 18.2. The number of hydrogen-bond acceptors (Lipinski definition) is 11. The molecule has 0 amide bonds. The number of aromatic nitrogens is 4. The fraction of sp³-hybridized carbons (Fsp3) is 0.588. The third-order valence-corrected chi connectivity index (χ3v) is 4.98. The second-order valence-corrected chi connectivity index (χ2v) is 8.81. The molecule has 3 atom stereocenters. The van der Waals surface area contributed by atoms with Gasteiger partial charge in [-0.25, -0.2) is 9.78 Å². The van der Waals surface area contributed by atoms with Gasteiger partial charge in [-0.3, -0.25) is 4.57 Å². The molecule has 0 spiro atoms. The highest BCUT2D eigenvalue weighted by molar-refractivity contribution is 7.46. The quantitative estimate of drug-likeness (QED) is 0.431. The van der Waals surface area contributed by atoms with Gasteiger partial charge in [0.25, 0.3) is 0 Å². The van der Waals surface area contributed by atoms with E-state index in [1.54, 1.807) is 25.3 Å². The van der Waals surface area contributed by atoms with Gasteiger partial charge < -0.3 is 29.7 Å². The van der Waals surface area contributed by atoms with Crippen LogP contribution in [0, 0.1) is 11.3 Å². The predicted molar refractivity (Wildman–Crippen MR) is 105 cm³/mol. The third-order valence-electron chi connectivity index (χ3n) is 4.20. The van der Waals surface area contributed by atoms with Crippen LogP contribution in [0.1, 0.15) is 45.7 Å². The van der Waals surface area contributed by atoms with Crippen LogP contribution in [0.5, 0.6) is 0 Å². The first-order chi connectivity index (χ1) is 14.1. The molecule has 2 aromatic rings. The first-order valence-electron chi connectivity index (χ1n) is 9.16. The Kier molecular flexibility index (Phi) is 6.50. The fourth-order valence-electron chi connectivity index (χ4n) is 2.99. The minimum absolute atomic E-state index is 0.0342. The molecule has 162 valence electrons. The van der Waals surface area contributed by atoms with E-state index < -0.39 is 38.1 Å². The summed E-state index contributed by atoms with van der Waals surface area (Å²) in [5.41, 5.74) is 5.79. The van der Waals surface area contributed by atoms with Crippen molar-refractivity contribution in [3.05, 3.63) is 12.2 Å². The van der Waals surface area contributed by atoms with Crippen molar-refractivity contribution in [2.45, 2.75) is 57.4 Å². The minimum atomic E-state index is -2.69. The summed E-state index contributed by atoms with van der Waals surface area (Å²) in [5, 5.41) is 9.05. The normalized spacial score (nSPS) is 20.4. The number of nitrogen functional groups attached to an aromatic ring is 1. The van der Waals surface area contributed by atoms with Crippen LogP contribution in [0.25, 0.3) is 11.2 Å². The molecule has 0 aliphatic carbocycles. The number of ether oxygens (including phenoxy) is 3. The SMILES string of the molecule is CC(C)(C)OC(=O)C(OCC1CCC(n2cnc3c(N)nc(C#N)nc32)O1)P(O)O. The second-order valence-electron chi connectivity index (χ2n) is 7.70. The maximum atomic E-state index is 12.1. The second kappa shape index (κ2) is 8.75. The molecule has 3 unspecified atom stereocenters. The Morgan fingerprint density at radius 1 is 1.47 bits per heavy atom. The largest absolute Gasteiger partial charge is 0.458 e.